The Morgan fingerprint density at radius 1 is 1.32 bits per heavy atom. The molecule has 4 rings (SSSR count). The van der Waals surface area contributed by atoms with Crippen molar-refractivity contribution in [3.05, 3.63) is 48.6 Å². The monoisotopic (exact) mass is 338 g/mol. The number of amides is 1. The van der Waals surface area contributed by atoms with Gasteiger partial charge in [-0.15, -0.1) is 0 Å². The van der Waals surface area contributed by atoms with Crippen LogP contribution in [-0.2, 0) is 11.8 Å². The highest BCUT2D eigenvalue weighted by atomic mass is 16.5. The molecular weight excluding hydrogens is 320 g/mol. The summed E-state index contributed by atoms with van der Waals surface area (Å²) >= 11 is 0. The van der Waals surface area contributed by atoms with E-state index in [1.54, 1.807) is 4.68 Å². The minimum atomic E-state index is -0.124. The van der Waals surface area contributed by atoms with Crippen LogP contribution in [0, 0.1) is 5.92 Å². The van der Waals surface area contributed by atoms with Gasteiger partial charge in [0, 0.05) is 43.5 Å². The van der Waals surface area contributed by atoms with E-state index in [1.807, 2.05) is 43.7 Å². The molecule has 8 heteroatoms. The first-order valence-corrected chi connectivity index (χ1v) is 8.07. The molecule has 1 saturated heterocycles. The molecule has 25 heavy (non-hydrogen) atoms. The van der Waals surface area contributed by atoms with E-state index in [1.165, 1.54) is 6.39 Å². The highest BCUT2D eigenvalue weighted by Crippen LogP contribution is 2.29. The summed E-state index contributed by atoms with van der Waals surface area (Å²) < 4.78 is 6.51. The summed E-state index contributed by atoms with van der Waals surface area (Å²) in [5, 5.41) is 14.3. The molecule has 2 aromatic heterocycles. The average Bonchev–Trinajstić information content (AvgIpc) is 3.36. The smallest absolute Gasteiger partial charge is 0.229 e. The fourth-order valence-electron chi connectivity index (χ4n) is 3.17. The highest BCUT2D eigenvalue weighted by molar-refractivity contribution is 5.93. The van der Waals surface area contributed by atoms with Gasteiger partial charge < -0.3 is 15.2 Å². The van der Waals surface area contributed by atoms with E-state index in [2.05, 4.69) is 25.9 Å². The summed E-state index contributed by atoms with van der Waals surface area (Å²) in [6.07, 6.45) is 5.09. The highest BCUT2D eigenvalue weighted by Gasteiger charge is 2.34. The number of carbonyl (C=O) groups is 1. The molecule has 1 aliphatic rings. The minimum absolute atomic E-state index is 0.00571. The van der Waals surface area contributed by atoms with E-state index in [9.17, 15) is 4.79 Å². The lowest BCUT2D eigenvalue weighted by Gasteiger charge is -2.17. The van der Waals surface area contributed by atoms with Crippen molar-refractivity contribution in [1.29, 1.82) is 0 Å². The van der Waals surface area contributed by atoms with Crippen molar-refractivity contribution < 1.29 is 9.32 Å². The van der Waals surface area contributed by atoms with E-state index >= 15 is 0 Å². The van der Waals surface area contributed by atoms with Crippen LogP contribution in [0.4, 0.5) is 5.69 Å². The van der Waals surface area contributed by atoms with Gasteiger partial charge >= 0.3 is 0 Å². The van der Waals surface area contributed by atoms with E-state index in [4.69, 9.17) is 4.52 Å². The van der Waals surface area contributed by atoms with Crippen LogP contribution in [0.15, 0.2) is 47.6 Å². The van der Waals surface area contributed by atoms with Gasteiger partial charge in [0.25, 0.3) is 0 Å². The summed E-state index contributed by atoms with van der Waals surface area (Å²) in [6.45, 7) is 1.44. The van der Waals surface area contributed by atoms with Crippen molar-refractivity contribution in [3.63, 3.8) is 0 Å². The normalized spacial score (nSPS) is 19.9. The van der Waals surface area contributed by atoms with Gasteiger partial charge in [0.1, 0.15) is 0 Å². The zero-order valence-corrected chi connectivity index (χ0v) is 13.7. The first-order chi connectivity index (χ1) is 12.2. The van der Waals surface area contributed by atoms with Gasteiger partial charge in [0.2, 0.25) is 18.1 Å². The second-order valence-corrected chi connectivity index (χ2v) is 6.14. The summed E-state index contributed by atoms with van der Waals surface area (Å²) in [7, 11) is 1.88. The number of hydrogen-bond acceptors (Lipinski definition) is 6. The summed E-state index contributed by atoms with van der Waals surface area (Å²) in [5.41, 5.74) is 2.66. The molecule has 1 fully saturated rings. The number of benzene rings is 1. The Labute approximate surface area is 144 Å². The summed E-state index contributed by atoms with van der Waals surface area (Å²) in [5.74, 6) is 0.536. The van der Waals surface area contributed by atoms with Crippen LogP contribution in [0.5, 0.6) is 0 Å². The fourth-order valence-corrected chi connectivity index (χ4v) is 3.17. The van der Waals surface area contributed by atoms with Crippen molar-refractivity contribution >= 4 is 11.6 Å². The standard InChI is InChI=1S/C17H18N6O2/c1-23-9-12(6-20-23)14-7-18-8-15(14)17(24)21-13-4-2-11(3-5-13)16-19-10-25-22-16/h2-6,9-10,14-15,18H,7-8H2,1H3,(H,21,24)/t14-,15+/m1/s1. The zero-order valence-electron chi connectivity index (χ0n) is 13.7. The molecule has 0 unspecified atom stereocenters. The Morgan fingerprint density at radius 2 is 2.16 bits per heavy atom. The molecule has 0 aliphatic carbocycles. The SMILES string of the molecule is Cn1cc([C@H]2CNC[C@@H]2C(=O)Nc2ccc(-c3ncon3)cc2)cn1. The van der Waals surface area contributed by atoms with Crippen LogP contribution in [0.1, 0.15) is 11.5 Å². The van der Waals surface area contributed by atoms with Crippen LogP contribution in [-0.4, -0.2) is 38.9 Å². The van der Waals surface area contributed by atoms with Crippen LogP contribution >= 0.6 is 0 Å². The molecule has 3 aromatic rings. The maximum Gasteiger partial charge on any atom is 0.229 e. The Kier molecular flexibility index (Phi) is 4.02. The largest absolute Gasteiger partial charge is 0.342 e. The average molecular weight is 338 g/mol. The molecule has 1 amide bonds. The molecule has 2 atom stereocenters. The first-order valence-electron chi connectivity index (χ1n) is 8.07. The number of anilines is 1. The quantitative estimate of drug-likeness (QED) is 0.746. The third-order valence-corrected chi connectivity index (χ3v) is 4.48. The third-order valence-electron chi connectivity index (χ3n) is 4.48. The van der Waals surface area contributed by atoms with Gasteiger partial charge in [-0.05, 0) is 29.8 Å². The molecule has 0 radical (unpaired) electrons. The van der Waals surface area contributed by atoms with Crippen LogP contribution in [0.25, 0.3) is 11.4 Å². The van der Waals surface area contributed by atoms with Crippen molar-refractivity contribution in [2.24, 2.45) is 13.0 Å². The topological polar surface area (TPSA) is 97.9 Å². The van der Waals surface area contributed by atoms with Gasteiger partial charge in [-0.25, -0.2) is 0 Å². The van der Waals surface area contributed by atoms with Gasteiger partial charge in [-0.1, -0.05) is 5.16 Å². The number of hydrogen-bond donors (Lipinski definition) is 2. The number of nitrogens with one attached hydrogen (secondary N) is 2. The Morgan fingerprint density at radius 3 is 2.84 bits per heavy atom. The molecule has 128 valence electrons. The maximum atomic E-state index is 12.7. The molecule has 0 saturated carbocycles. The lowest BCUT2D eigenvalue weighted by Crippen LogP contribution is -2.28. The predicted molar refractivity (Wildman–Crippen MR) is 90.7 cm³/mol. The third kappa shape index (κ3) is 3.16. The van der Waals surface area contributed by atoms with E-state index in [-0.39, 0.29) is 17.7 Å². The zero-order chi connectivity index (χ0) is 17.2. The Balaban J connectivity index is 1.46. The van der Waals surface area contributed by atoms with E-state index in [0.717, 1.165) is 23.4 Å². The predicted octanol–water partition coefficient (Wildman–Crippen LogP) is 1.41. The number of aromatic nitrogens is 4. The van der Waals surface area contributed by atoms with Crippen molar-refractivity contribution in [2.75, 3.05) is 18.4 Å². The van der Waals surface area contributed by atoms with Gasteiger partial charge in [-0.2, -0.15) is 10.1 Å². The maximum absolute atomic E-state index is 12.7. The van der Waals surface area contributed by atoms with Crippen molar-refractivity contribution in [3.8, 4) is 11.4 Å². The fraction of sp³-hybridized carbons (Fsp3) is 0.294. The van der Waals surface area contributed by atoms with Crippen LogP contribution in [0.2, 0.25) is 0 Å². The Hall–Kier alpha value is -3.00. The number of carbonyl (C=O) groups excluding carboxylic acids is 1. The van der Waals surface area contributed by atoms with Crippen LogP contribution in [0.3, 0.4) is 0 Å². The number of aryl methyl sites for hydroxylation is 1. The Bertz CT molecular complexity index is 856. The van der Waals surface area contributed by atoms with Gasteiger partial charge in [0.15, 0.2) is 0 Å². The minimum Gasteiger partial charge on any atom is -0.342 e. The second-order valence-electron chi connectivity index (χ2n) is 6.14. The first kappa shape index (κ1) is 15.5. The van der Waals surface area contributed by atoms with Crippen molar-refractivity contribution in [1.82, 2.24) is 25.2 Å². The van der Waals surface area contributed by atoms with E-state index < -0.39 is 0 Å². The molecule has 0 bridgehead atoms. The lowest BCUT2D eigenvalue weighted by atomic mass is 9.90. The molecule has 0 spiro atoms. The number of nitrogens with zero attached hydrogens (tertiary/aromatic N) is 4. The second kappa shape index (κ2) is 6.48. The molecule has 1 aliphatic heterocycles. The molecule has 3 heterocycles. The molecule has 1 aromatic carbocycles. The lowest BCUT2D eigenvalue weighted by molar-refractivity contribution is -0.119. The molecule has 2 N–H and O–H groups in total. The number of rotatable bonds is 4. The van der Waals surface area contributed by atoms with Gasteiger partial charge in [-0.3, -0.25) is 9.48 Å². The summed E-state index contributed by atoms with van der Waals surface area (Å²) in [6, 6.07) is 7.38. The van der Waals surface area contributed by atoms with Gasteiger partial charge in [0.05, 0.1) is 12.1 Å². The molecule has 8 nitrogen and oxygen atoms in total. The molecular formula is C17H18N6O2. The van der Waals surface area contributed by atoms with Crippen molar-refractivity contribution in [2.45, 2.75) is 5.92 Å². The van der Waals surface area contributed by atoms with E-state index in [0.29, 0.717) is 12.4 Å². The van der Waals surface area contributed by atoms with Crippen LogP contribution < -0.4 is 10.6 Å². The summed E-state index contributed by atoms with van der Waals surface area (Å²) in [4.78, 5) is 16.7.